The number of phenolic OH excluding ortho intramolecular Hbond substituents is 1. The molecule has 3 aromatic rings. The topological polar surface area (TPSA) is 214 Å². The van der Waals surface area contributed by atoms with Gasteiger partial charge in [0.05, 0.1) is 8.95 Å². The van der Waals surface area contributed by atoms with Gasteiger partial charge in [0.25, 0.3) is 0 Å². The van der Waals surface area contributed by atoms with Crippen LogP contribution in [0, 0.1) is 0 Å². The molecule has 16 nitrogen and oxygen atoms in total. The van der Waals surface area contributed by atoms with E-state index >= 15 is 0 Å². The molecule has 0 radical (unpaired) electrons. The maximum absolute atomic E-state index is 14.2. The fourth-order valence-electron chi connectivity index (χ4n) is 7.83. The number of carbonyl (C=O) groups is 5. The first-order valence-corrected chi connectivity index (χ1v) is 23.0. The summed E-state index contributed by atoms with van der Waals surface area (Å²) in [5, 5.41) is 27.4. The minimum absolute atomic E-state index is 0.0205. The van der Waals surface area contributed by atoms with Gasteiger partial charge in [0.15, 0.2) is 0 Å². The van der Waals surface area contributed by atoms with E-state index in [1.807, 2.05) is 41.3 Å². The van der Waals surface area contributed by atoms with Crippen LogP contribution in [0.4, 0.5) is 21.0 Å². The highest BCUT2D eigenvalue weighted by atomic mass is 79.9. The molecule has 0 saturated carbocycles. The second-order valence-electron chi connectivity index (χ2n) is 15.8. The highest BCUT2D eigenvalue weighted by molar-refractivity contribution is 9.11. The molecule has 3 aliphatic rings. The van der Waals surface area contributed by atoms with E-state index in [2.05, 4.69) is 64.6 Å². The Bertz CT molecular complexity index is 1960. The average Bonchev–Trinajstić information content (AvgIpc) is 3.27. The van der Waals surface area contributed by atoms with Crippen LogP contribution in [0.3, 0.4) is 0 Å². The number of hydrogen-bond acceptors (Lipinski definition) is 9. The van der Waals surface area contributed by atoms with Crippen LogP contribution in [0.1, 0.15) is 75.8 Å². The van der Waals surface area contributed by atoms with Crippen molar-refractivity contribution in [1.82, 2.24) is 30.3 Å². The lowest BCUT2D eigenvalue weighted by Gasteiger charge is -2.40. The third kappa shape index (κ3) is 13.8. The zero-order valence-corrected chi connectivity index (χ0v) is 38.4. The summed E-state index contributed by atoms with van der Waals surface area (Å²) < 4.78 is 0.870. The van der Waals surface area contributed by atoms with E-state index in [1.165, 1.54) is 0 Å². The van der Waals surface area contributed by atoms with E-state index in [0.29, 0.717) is 105 Å². The lowest BCUT2D eigenvalue weighted by atomic mass is 10.0. The fraction of sp³-hybridized carbons (Fsp3) is 0.500. The number of rotatable bonds is 16. The van der Waals surface area contributed by atoms with Crippen LogP contribution in [0.15, 0.2) is 69.9 Å². The summed E-state index contributed by atoms with van der Waals surface area (Å²) in [5.74, 6) is -1.31. The van der Waals surface area contributed by atoms with E-state index in [-0.39, 0.29) is 30.2 Å². The number of piperidine rings is 1. The standard InChI is InChI=1S/C38H47Br2N9O5.C6H12O2/c39-29-21-25(22-30(40)34(29)50)23-33(45-37(53)48-15-10-28(11-16-48)49-24-26-5-1-2-6-31(26)44-38(49)54)35(51)43-32(7-3-4-12-41)36(52)47-19-17-46(18-20-47)27-8-13-42-14-9-27;1-2-3-4-5-6(7)8/h1-2,5-6,8-9,13-14,21-22,28,32-33,50H,3-4,7,10-12,15-20,23-24,41H2,(H,43,51)(H,44,54)(H,45,53);2-5H2,1H3,(H,7,8)/t32-,33+;/m0./s1. The van der Waals surface area contributed by atoms with Crippen molar-refractivity contribution < 1.29 is 34.2 Å². The van der Waals surface area contributed by atoms with Gasteiger partial charge in [-0.15, -0.1) is 0 Å². The molecule has 0 bridgehead atoms. The van der Waals surface area contributed by atoms with Crippen LogP contribution in [0.2, 0.25) is 0 Å². The Balaban J connectivity index is 0.000000826. The molecule has 18 heteroatoms. The lowest BCUT2D eigenvalue weighted by Crippen LogP contribution is -2.59. The number of carboxylic acid groups (broad SMARTS) is 1. The number of para-hydroxylation sites is 1. The van der Waals surface area contributed by atoms with Crippen molar-refractivity contribution in [3.05, 3.63) is 81.0 Å². The molecule has 62 heavy (non-hydrogen) atoms. The average molecular weight is 986 g/mol. The molecule has 6 amide bonds. The van der Waals surface area contributed by atoms with Crippen LogP contribution in [-0.2, 0) is 27.3 Å². The maximum atomic E-state index is 14.2. The molecule has 336 valence electrons. The molecule has 7 N–H and O–H groups in total. The molecule has 4 heterocycles. The van der Waals surface area contributed by atoms with Crippen molar-refractivity contribution in [2.24, 2.45) is 5.73 Å². The molecule has 6 rings (SSSR count). The molecule has 0 aliphatic carbocycles. The smallest absolute Gasteiger partial charge is 0.322 e. The number of aromatic nitrogens is 1. The second kappa shape index (κ2) is 24.1. The Hall–Kier alpha value is -4.94. The number of nitrogens with one attached hydrogen (secondary N) is 3. The second-order valence-corrected chi connectivity index (χ2v) is 17.5. The van der Waals surface area contributed by atoms with Gasteiger partial charge in [-0.3, -0.25) is 19.4 Å². The summed E-state index contributed by atoms with van der Waals surface area (Å²) >= 11 is 6.74. The number of fused-ring (bicyclic) bond motifs is 1. The first-order valence-electron chi connectivity index (χ1n) is 21.4. The summed E-state index contributed by atoms with van der Waals surface area (Å²) in [6, 6.07) is 12.6. The molecular weight excluding hydrogens is 926 g/mol. The number of amides is 6. The van der Waals surface area contributed by atoms with Crippen molar-refractivity contribution in [2.45, 2.75) is 95.8 Å². The summed E-state index contributed by atoms with van der Waals surface area (Å²) in [6.07, 6.45) is 9.81. The van der Waals surface area contributed by atoms with Gasteiger partial charge in [-0.1, -0.05) is 38.0 Å². The van der Waals surface area contributed by atoms with Crippen LogP contribution in [-0.4, -0.2) is 124 Å². The Kier molecular flexibility index (Phi) is 18.7. The lowest BCUT2D eigenvalue weighted by molar-refractivity contribution is -0.137. The Morgan fingerprint density at radius 2 is 1.56 bits per heavy atom. The summed E-state index contributed by atoms with van der Waals surface area (Å²) in [5.41, 5.74) is 9.38. The molecule has 0 unspecified atom stereocenters. The SMILES string of the molecule is CCCCCC(=O)O.NCCCC[C@H](NC(=O)[C@@H](Cc1cc(Br)c(O)c(Br)c1)NC(=O)N1CCC(N2Cc3ccccc3NC2=O)CC1)C(=O)N1CCN(c2ccncc2)CC1. The molecule has 2 fully saturated rings. The number of benzene rings is 2. The fourth-order valence-corrected chi connectivity index (χ4v) is 9.11. The number of urea groups is 2. The highest BCUT2D eigenvalue weighted by Gasteiger charge is 2.35. The third-order valence-electron chi connectivity index (χ3n) is 11.4. The number of hydrogen-bond donors (Lipinski definition) is 6. The van der Waals surface area contributed by atoms with Crippen molar-refractivity contribution in [3.63, 3.8) is 0 Å². The maximum Gasteiger partial charge on any atom is 0.322 e. The summed E-state index contributed by atoms with van der Waals surface area (Å²) in [6.45, 7) is 6.13. The number of carboxylic acids is 1. The number of aromatic hydroxyl groups is 1. The van der Waals surface area contributed by atoms with Crippen molar-refractivity contribution >= 4 is 73.1 Å². The van der Waals surface area contributed by atoms with Crippen molar-refractivity contribution in [1.29, 1.82) is 0 Å². The largest absolute Gasteiger partial charge is 0.506 e. The summed E-state index contributed by atoms with van der Waals surface area (Å²) in [7, 11) is 0. The van der Waals surface area contributed by atoms with Crippen LogP contribution in [0.5, 0.6) is 5.75 Å². The minimum Gasteiger partial charge on any atom is -0.506 e. The van der Waals surface area contributed by atoms with E-state index in [1.54, 1.807) is 34.3 Å². The Morgan fingerprint density at radius 1 is 0.887 bits per heavy atom. The highest BCUT2D eigenvalue weighted by Crippen LogP contribution is 2.34. The third-order valence-corrected chi connectivity index (χ3v) is 12.6. The Morgan fingerprint density at radius 3 is 2.21 bits per heavy atom. The first-order chi connectivity index (χ1) is 29.9. The van der Waals surface area contributed by atoms with E-state index in [9.17, 15) is 29.1 Å². The monoisotopic (exact) mass is 983 g/mol. The quantitative estimate of drug-likeness (QED) is 0.0914. The van der Waals surface area contributed by atoms with Crippen molar-refractivity contribution in [3.8, 4) is 5.75 Å². The van der Waals surface area contributed by atoms with Crippen LogP contribution in [0.25, 0.3) is 0 Å². The van der Waals surface area contributed by atoms with E-state index < -0.39 is 30.0 Å². The van der Waals surface area contributed by atoms with Gasteiger partial charge in [-0.05, 0) is 118 Å². The molecule has 1 aromatic heterocycles. The van der Waals surface area contributed by atoms with Gasteiger partial charge in [0.1, 0.15) is 17.8 Å². The van der Waals surface area contributed by atoms with E-state index in [4.69, 9.17) is 10.8 Å². The first kappa shape index (κ1) is 48.1. The molecule has 2 aromatic carbocycles. The number of anilines is 2. The number of piperazine rings is 1. The number of aliphatic carboxylic acids is 1. The van der Waals surface area contributed by atoms with Gasteiger partial charge in [0.2, 0.25) is 11.8 Å². The number of pyridine rings is 1. The molecular formula is C44H59Br2N9O7. The van der Waals surface area contributed by atoms with Crippen molar-refractivity contribution in [2.75, 3.05) is 56.0 Å². The molecule has 2 atom stereocenters. The van der Waals surface area contributed by atoms with Gasteiger partial charge in [-0.25, -0.2) is 9.59 Å². The number of nitrogens with zero attached hydrogens (tertiary/aromatic N) is 5. The number of unbranched alkanes of at least 4 members (excludes halogenated alkanes) is 3. The van der Waals surface area contributed by atoms with Gasteiger partial charge < -0.3 is 51.5 Å². The number of carbonyl (C=O) groups excluding carboxylic acids is 4. The number of phenols is 1. The predicted molar refractivity (Wildman–Crippen MR) is 245 cm³/mol. The number of nitrogens with two attached hydrogens (primary N) is 1. The minimum atomic E-state index is -1.03. The van der Waals surface area contributed by atoms with Crippen LogP contribution >= 0.6 is 31.9 Å². The van der Waals surface area contributed by atoms with E-state index in [0.717, 1.165) is 36.2 Å². The predicted octanol–water partition coefficient (Wildman–Crippen LogP) is 6.06. The van der Waals surface area contributed by atoms with Gasteiger partial charge in [0, 0.05) is 88.5 Å². The number of halogens is 2. The van der Waals surface area contributed by atoms with Crippen LogP contribution < -0.4 is 26.6 Å². The summed E-state index contributed by atoms with van der Waals surface area (Å²) in [4.78, 5) is 76.4. The van der Waals surface area contributed by atoms with Gasteiger partial charge in [-0.2, -0.15) is 0 Å². The molecule has 3 aliphatic heterocycles. The Labute approximate surface area is 380 Å². The molecule has 0 spiro atoms. The van der Waals surface area contributed by atoms with Gasteiger partial charge >= 0.3 is 18.0 Å². The zero-order chi connectivity index (χ0) is 44.6. The zero-order valence-electron chi connectivity index (χ0n) is 35.2. The molecule has 2 saturated heterocycles. The normalized spacial score (nSPS) is 16.3. The number of likely N-dealkylation sites (tertiary alicyclic amines) is 1.